The Bertz CT molecular complexity index is 288. The second-order valence-electron chi connectivity index (χ2n) is 4.15. The summed E-state index contributed by atoms with van der Waals surface area (Å²) in [6, 6.07) is 6.80. The van der Waals surface area contributed by atoms with Gasteiger partial charge in [0.15, 0.2) is 0 Å². The number of benzene rings is 1. The van der Waals surface area contributed by atoms with Crippen LogP contribution in [0, 0.1) is 18.2 Å². The molecule has 0 aromatic heterocycles. The first-order valence-electron chi connectivity index (χ1n) is 5.63. The van der Waals surface area contributed by atoms with Crippen LogP contribution in [0.25, 0.3) is 0 Å². The van der Waals surface area contributed by atoms with Crippen LogP contribution in [0.15, 0.2) is 24.3 Å². The Morgan fingerprint density at radius 3 is 2.53 bits per heavy atom. The minimum atomic E-state index is -0.152. The van der Waals surface area contributed by atoms with Gasteiger partial charge in [0.1, 0.15) is 5.82 Å². The highest BCUT2D eigenvalue weighted by atomic mass is 19.1. The third-order valence-electron chi connectivity index (χ3n) is 2.98. The van der Waals surface area contributed by atoms with E-state index in [-0.39, 0.29) is 5.82 Å². The fourth-order valence-corrected chi connectivity index (χ4v) is 2.00. The topological polar surface area (TPSA) is 12.0 Å². The molecule has 0 atom stereocenters. The Morgan fingerprint density at radius 1 is 1.20 bits per heavy atom. The van der Waals surface area contributed by atoms with E-state index in [1.807, 2.05) is 12.1 Å². The zero-order valence-electron chi connectivity index (χ0n) is 8.88. The van der Waals surface area contributed by atoms with Crippen molar-refractivity contribution in [2.24, 2.45) is 5.92 Å². The van der Waals surface area contributed by atoms with E-state index in [1.165, 1.54) is 30.5 Å². The van der Waals surface area contributed by atoms with Crippen LogP contribution in [-0.2, 0) is 6.42 Å². The van der Waals surface area contributed by atoms with E-state index in [9.17, 15) is 4.39 Å². The van der Waals surface area contributed by atoms with E-state index >= 15 is 0 Å². The normalized spacial score (nSPS) is 17.9. The molecule has 1 heterocycles. The van der Waals surface area contributed by atoms with Crippen LogP contribution in [0.1, 0.15) is 18.4 Å². The summed E-state index contributed by atoms with van der Waals surface area (Å²) in [6.45, 7) is 2.26. The largest absolute Gasteiger partial charge is 0.317 e. The van der Waals surface area contributed by atoms with Crippen molar-refractivity contribution in [3.05, 3.63) is 42.1 Å². The average molecular weight is 206 g/mol. The molecule has 1 aromatic rings. The monoisotopic (exact) mass is 206 g/mol. The number of nitrogens with one attached hydrogen (secondary N) is 1. The first-order valence-corrected chi connectivity index (χ1v) is 5.63. The Balaban J connectivity index is 1.79. The second-order valence-corrected chi connectivity index (χ2v) is 4.15. The second kappa shape index (κ2) is 5.26. The molecule has 1 aliphatic heterocycles. The average Bonchev–Trinajstić information content (AvgIpc) is 2.30. The van der Waals surface area contributed by atoms with Gasteiger partial charge in [-0.15, -0.1) is 0 Å². The molecule has 2 heteroatoms. The number of halogens is 1. The van der Waals surface area contributed by atoms with Gasteiger partial charge < -0.3 is 5.32 Å². The lowest BCUT2D eigenvalue weighted by atomic mass is 9.91. The van der Waals surface area contributed by atoms with E-state index in [1.54, 1.807) is 0 Å². The third kappa shape index (κ3) is 3.31. The van der Waals surface area contributed by atoms with E-state index in [0.29, 0.717) is 0 Å². The van der Waals surface area contributed by atoms with Crippen LogP contribution >= 0.6 is 0 Å². The Kier molecular flexibility index (Phi) is 3.73. The lowest BCUT2D eigenvalue weighted by Gasteiger charge is -2.22. The first kappa shape index (κ1) is 10.6. The molecule has 0 spiro atoms. The number of rotatable bonds is 3. The predicted molar refractivity (Wildman–Crippen MR) is 60.0 cm³/mol. The van der Waals surface area contributed by atoms with Crippen molar-refractivity contribution >= 4 is 0 Å². The van der Waals surface area contributed by atoms with Gasteiger partial charge in [0, 0.05) is 0 Å². The molecule has 1 fully saturated rings. The van der Waals surface area contributed by atoms with Crippen molar-refractivity contribution in [1.29, 1.82) is 0 Å². The summed E-state index contributed by atoms with van der Waals surface area (Å²) in [5.74, 6) is 0.580. The van der Waals surface area contributed by atoms with Crippen molar-refractivity contribution in [1.82, 2.24) is 5.32 Å². The maximum Gasteiger partial charge on any atom is 0.123 e. The summed E-state index contributed by atoms with van der Waals surface area (Å²) in [5, 5.41) is 3.35. The summed E-state index contributed by atoms with van der Waals surface area (Å²) in [5.41, 5.74) is 1.20. The number of hydrogen-bond donors (Lipinski definition) is 1. The third-order valence-corrected chi connectivity index (χ3v) is 2.98. The highest BCUT2D eigenvalue weighted by molar-refractivity contribution is 5.17. The van der Waals surface area contributed by atoms with Crippen LogP contribution in [-0.4, -0.2) is 13.1 Å². The fourth-order valence-electron chi connectivity index (χ4n) is 2.00. The van der Waals surface area contributed by atoms with E-state index in [2.05, 4.69) is 11.7 Å². The maximum absolute atomic E-state index is 12.7. The fraction of sp³-hybridized carbons (Fsp3) is 0.462. The Hall–Kier alpha value is -0.890. The Labute approximate surface area is 90.7 Å². The van der Waals surface area contributed by atoms with Gasteiger partial charge in [-0.3, -0.25) is 0 Å². The van der Waals surface area contributed by atoms with E-state index in [4.69, 9.17) is 0 Å². The molecule has 1 nitrogen and oxygen atoms in total. The van der Waals surface area contributed by atoms with Crippen molar-refractivity contribution in [3.8, 4) is 0 Å². The molecule has 0 bridgehead atoms. The first-order chi connectivity index (χ1) is 7.34. The van der Waals surface area contributed by atoms with Gasteiger partial charge >= 0.3 is 0 Å². The summed E-state index contributed by atoms with van der Waals surface area (Å²) in [6.07, 6.45) is 5.81. The number of hydrogen-bond acceptors (Lipinski definition) is 1. The van der Waals surface area contributed by atoms with Crippen molar-refractivity contribution in [2.45, 2.75) is 19.3 Å². The van der Waals surface area contributed by atoms with Crippen molar-refractivity contribution in [3.63, 3.8) is 0 Å². The summed E-state index contributed by atoms with van der Waals surface area (Å²) >= 11 is 0. The molecule has 1 N–H and O–H groups in total. The van der Waals surface area contributed by atoms with Gasteiger partial charge in [0.2, 0.25) is 0 Å². The van der Waals surface area contributed by atoms with Crippen LogP contribution in [0.4, 0.5) is 4.39 Å². The van der Waals surface area contributed by atoms with Crippen molar-refractivity contribution < 1.29 is 4.39 Å². The zero-order chi connectivity index (χ0) is 10.5. The van der Waals surface area contributed by atoms with Gasteiger partial charge in [0.25, 0.3) is 0 Å². The molecular weight excluding hydrogens is 189 g/mol. The van der Waals surface area contributed by atoms with Gasteiger partial charge in [0.05, 0.1) is 0 Å². The summed E-state index contributed by atoms with van der Waals surface area (Å²) < 4.78 is 12.7. The van der Waals surface area contributed by atoms with E-state index < -0.39 is 0 Å². The smallest absolute Gasteiger partial charge is 0.123 e. The quantitative estimate of drug-likeness (QED) is 0.801. The lowest BCUT2D eigenvalue weighted by Crippen LogP contribution is -2.28. The molecule has 15 heavy (non-hydrogen) atoms. The number of piperidine rings is 1. The van der Waals surface area contributed by atoms with Gasteiger partial charge in [-0.2, -0.15) is 0 Å². The highest BCUT2D eigenvalue weighted by Crippen LogP contribution is 2.17. The predicted octanol–water partition coefficient (Wildman–Crippen LogP) is 2.57. The molecular formula is C13H17FN. The van der Waals surface area contributed by atoms with Gasteiger partial charge in [-0.05, 0) is 62.4 Å². The molecule has 0 unspecified atom stereocenters. The van der Waals surface area contributed by atoms with Gasteiger partial charge in [-0.1, -0.05) is 12.1 Å². The standard InChI is InChI=1S/C13H17FN/c14-13-5-3-11(4-6-13)1-2-12-7-9-15-10-8-12/h2-6,12,15H,1,7-10H2. The molecule has 0 amide bonds. The Morgan fingerprint density at radius 2 is 1.87 bits per heavy atom. The molecule has 1 aromatic carbocycles. The maximum atomic E-state index is 12.7. The van der Waals surface area contributed by atoms with Gasteiger partial charge in [-0.25, -0.2) is 4.39 Å². The molecule has 0 saturated carbocycles. The summed E-state index contributed by atoms with van der Waals surface area (Å²) in [7, 11) is 0. The molecule has 1 aliphatic rings. The van der Waals surface area contributed by atoms with Crippen LogP contribution in [0.2, 0.25) is 0 Å². The highest BCUT2D eigenvalue weighted by Gasteiger charge is 2.12. The summed E-state index contributed by atoms with van der Waals surface area (Å²) in [4.78, 5) is 0. The lowest BCUT2D eigenvalue weighted by molar-refractivity contribution is 0.410. The molecule has 0 aliphatic carbocycles. The molecule has 1 radical (unpaired) electrons. The molecule has 2 rings (SSSR count). The minimum absolute atomic E-state index is 0.152. The zero-order valence-corrected chi connectivity index (χ0v) is 8.88. The SMILES string of the molecule is Fc1ccc(C[CH]C2CCNCC2)cc1. The molecule has 1 saturated heterocycles. The van der Waals surface area contributed by atoms with Crippen molar-refractivity contribution in [2.75, 3.05) is 13.1 Å². The minimum Gasteiger partial charge on any atom is -0.317 e. The van der Waals surface area contributed by atoms with Crippen LogP contribution in [0.3, 0.4) is 0 Å². The van der Waals surface area contributed by atoms with E-state index in [0.717, 1.165) is 25.4 Å². The van der Waals surface area contributed by atoms with Crippen LogP contribution in [0.5, 0.6) is 0 Å². The van der Waals surface area contributed by atoms with Crippen LogP contribution < -0.4 is 5.32 Å². The molecule has 81 valence electrons.